The van der Waals surface area contributed by atoms with E-state index in [4.69, 9.17) is 0 Å². The molecule has 1 atom stereocenters. The van der Waals surface area contributed by atoms with E-state index in [2.05, 4.69) is 10.6 Å². The molecule has 27 heavy (non-hydrogen) atoms. The van der Waals surface area contributed by atoms with E-state index in [1.807, 2.05) is 37.3 Å². The molecule has 0 unspecified atom stereocenters. The number of benzene rings is 3. The lowest BCUT2D eigenvalue weighted by Gasteiger charge is -2.15. The zero-order valence-corrected chi connectivity index (χ0v) is 14.8. The molecular weight excluding hydrogens is 343 g/mol. The Labute approximate surface area is 157 Å². The van der Waals surface area contributed by atoms with Crippen molar-refractivity contribution in [1.82, 2.24) is 5.32 Å². The highest BCUT2D eigenvalue weighted by Crippen LogP contribution is 2.16. The first-order chi connectivity index (χ1) is 13.0. The number of hydrogen-bond donors (Lipinski definition) is 2. The van der Waals surface area contributed by atoms with Crippen LogP contribution in [0.15, 0.2) is 78.9 Å². The molecule has 0 heterocycles. The normalized spacial score (nSPS) is 11.5. The standard InChI is InChI=1S/C22H19FN2O2/c1-15(16-6-3-2-4-7-16)24-22(27)18-8-5-9-20(14-18)25-21(26)17-10-12-19(23)13-11-17/h2-15H,1H3,(H,24,27)(H,25,26)/t15-/m1/s1. The Balaban J connectivity index is 1.68. The van der Waals surface area contributed by atoms with Gasteiger partial charge in [-0.1, -0.05) is 36.4 Å². The van der Waals surface area contributed by atoms with Crippen LogP contribution in [0.2, 0.25) is 0 Å². The minimum atomic E-state index is -0.405. The molecule has 3 rings (SSSR count). The summed E-state index contributed by atoms with van der Waals surface area (Å²) in [7, 11) is 0. The fraction of sp³-hybridized carbons (Fsp3) is 0.0909. The molecule has 0 saturated carbocycles. The Bertz CT molecular complexity index is 940. The van der Waals surface area contributed by atoms with Gasteiger partial charge < -0.3 is 10.6 Å². The molecule has 0 aromatic heterocycles. The molecule has 3 aromatic rings. The summed E-state index contributed by atoms with van der Waals surface area (Å²) >= 11 is 0. The van der Waals surface area contributed by atoms with E-state index in [0.717, 1.165) is 5.56 Å². The number of halogens is 1. The van der Waals surface area contributed by atoms with Gasteiger partial charge in [0.05, 0.1) is 6.04 Å². The van der Waals surface area contributed by atoms with E-state index in [-0.39, 0.29) is 17.9 Å². The highest BCUT2D eigenvalue weighted by atomic mass is 19.1. The molecule has 0 spiro atoms. The lowest BCUT2D eigenvalue weighted by atomic mass is 10.1. The van der Waals surface area contributed by atoms with Crippen molar-refractivity contribution in [2.45, 2.75) is 13.0 Å². The van der Waals surface area contributed by atoms with Crippen LogP contribution in [0.1, 0.15) is 39.2 Å². The molecular formula is C22H19FN2O2. The van der Waals surface area contributed by atoms with Gasteiger partial charge in [0.2, 0.25) is 0 Å². The molecule has 0 fully saturated rings. The molecule has 2 amide bonds. The summed E-state index contributed by atoms with van der Waals surface area (Å²) in [5, 5.41) is 5.65. The number of nitrogens with one attached hydrogen (secondary N) is 2. The molecule has 3 aromatic carbocycles. The number of rotatable bonds is 5. The van der Waals surface area contributed by atoms with Gasteiger partial charge in [-0.05, 0) is 55.0 Å². The van der Waals surface area contributed by atoms with E-state index >= 15 is 0 Å². The number of carbonyl (C=O) groups excluding carboxylic acids is 2. The number of anilines is 1. The lowest BCUT2D eigenvalue weighted by Crippen LogP contribution is -2.26. The molecule has 0 aliphatic carbocycles. The van der Waals surface area contributed by atoms with Crippen molar-refractivity contribution in [3.05, 3.63) is 101 Å². The van der Waals surface area contributed by atoms with Gasteiger partial charge in [-0.3, -0.25) is 9.59 Å². The predicted molar refractivity (Wildman–Crippen MR) is 103 cm³/mol. The summed E-state index contributed by atoms with van der Waals surface area (Å²) in [6, 6.07) is 21.5. The minimum Gasteiger partial charge on any atom is -0.346 e. The van der Waals surface area contributed by atoms with Crippen LogP contribution < -0.4 is 10.6 Å². The lowest BCUT2D eigenvalue weighted by molar-refractivity contribution is 0.0938. The maximum Gasteiger partial charge on any atom is 0.255 e. The van der Waals surface area contributed by atoms with Crippen LogP contribution in [-0.4, -0.2) is 11.8 Å². The number of amides is 2. The Kier molecular flexibility index (Phi) is 5.61. The first-order valence-electron chi connectivity index (χ1n) is 8.56. The van der Waals surface area contributed by atoms with Crippen LogP contribution in [0, 0.1) is 5.82 Å². The monoisotopic (exact) mass is 362 g/mol. The maximum absolute atomic E-state index is 13.0. The maximum atomic E-state index is 13.0. The Hall–Kier alpha value is -3.47. The summed E-state index contributed by atoms with van der Waals surface area (Å²) in [5.41, 5.74) is 2.27. The van der Waals surface area contributed by atoms with Gasteiger partial charge >= 0.3 is 0 Å². The summed E-state index contributed by atoms with van der Waals surface area (Å²) in [6.07, 6.45) is 0. The van der Waals surface area contributed by atoms with Crippen molar-refractivity contribution in [3.63, 3.8) is 0 Å². The topological polar surface area (TPSA) is 58.2 Å². The van der Waals surface area contributed by atoms with Gasteiger partial charge in [0.25, 0.3) is 11.8 Å². The summed E-state index contributed by atoms with van der Waals surface area (Å²) in [4.78, 5) is 24.7. The van der Waals surface area contributed by atoms with Gasteiger partial charge in [0.15, 0.2) is 0 Å². The van der Waals surface area contributed by atoms with Crippen LogP contribution in [0.3, 0.4) is 0 Å². The van der Waals surface area contributed by atoms with E-state index < -0.39 is 5.82 Å². The van der Waals surface area contributed by atoms with Crippen molar-refractivity contribution in [2.75, 3.05) is 5.32 Å². The fourth-order valence-corrected chi connectivity index (χ4v) is 2.65. The Morgan fingerprint density at radius 2 is 1.52 bits per heavy atom. The summed E-state index contributed by atoms with van der Waals surface area (Å²) in [6.45, 7) is 1.91. The predicted octanol–water partition coefficient (Wildman–Crippen LogP) is 4.57. The van der Waals surface area contributed by atoms with E-state index in [1.54, 1.807) is 24.3 Å². The Morgan fingerprint density at radius 3 is 2.22 bits per heavy atom. The first kappa shape index (κ1) is 18.3. The first-order valence-corrected chi connectivity index (χ1v) is 8.56. The molecule has 0 radical (unpaired) electrons. The van der Waals surface area contributed by atoms with Gasteiger partial charge in [-0.15, -0.1) is 0 Å². The van der Waals surface area contributed by atoms with Crippen molar-refractivity contribution < 1.29 is 14.0 Å². The van der Waals surface area contributed by atoms with Gasteiger partial charge in [-0.25, -0.2) is 4.39 Å². The molecule has 0 saturated heterocycles. The summed E-state index contributed by atoms with van der Waals surface area (Å²) in [5.74, 6) is -1.01. The van der Waals surface area contributed by atoms with Crippen LogP contribution >= 0.6 is 0 Å². The number of carbonyl (C=O) groups is 2. The quantitative estimate of drug-likeness (QED) is 0.698. The average molecular weight is 362 g/mol. The third kappa shape index (κ3) is 4.79. The number of hydrogen-bond acceptors (Lipinski definition) is 2. The van der Waals surface area contributed by atoms with E-state index in [1.165, 1.54) is 24.3 Å². The zero-order chi connectivity index (χ0) is 19.2. The average Bonchev–Trinajstić information content (AvgIpc) is 2.69. The fourth-order valence-electron chi connectivity index (χ4n) is 2.65. The van der Waals surface area contributed by atoms with Crippen LogP contribution in [0.25, 0.3) is 0 Å². The van der Waals surface area contributed by atoms with Crippen molar-refractivity contribution in [2.24, 2.45) is 0 Å². The van der Waals surface area contributed by atoms with Crippen molar-refractivity contribution in [3.8, 4) is 0 Å². The SMILES string of the molecule is C[C@@H](NC(=O)c1cccc(NC(=O)c2ccc(F)cc2)c1)c1ccccc1. The second kappa shape index (κ2) is 8.27. The van der Waals surface area contributed by atoms with Crippen LogP contribution in [0.5, 0.6) is 0 Å². The molecule has 5 heteroatoms. The van der Waals surface area contributed by atoms with Gasteiger partial charge in [0.1, 0.15) is 5.82 Å². The molecule has 2 N–H and O–H groups in total. The smallest absolute Gasteiger partial charge is 0.255 e. The van der Waals surface area contributed by atoms with E-state index in [9.17, 15) is 14.0 Å². The Morgan fingerprint density at radius 1 is 0.815 bits per heavy atom. The summed E-state index contributed by atoms with van der Waals surface area (Å²) < 4.78 is 13.0. The largest absolute Gasteiger partial charge is 0.346 e. The van der Waals surface area contributed by atoms with Crippen molar-refractivity contribution in [1.29, 1.82) is 0 Å². The minimum absolute atomic E-state index is 0.142. The second-order valence-corrected chi connectivity index (χ2v) is 6.15. The molecule has 0 bridgehead atoms. The molecule has 0 aliphatic heterocycles. The molecule has 136 valence electrons. The zero-order valence-electron chi connectivity index (χ0n) is 14.8. The highest BCUT2D eigenvalue weighted by Gasteiger charge is 2.13. The molecule has 4 nitrogen and oxygen atoms in total. The van der Waals surface area contributed by atoms with Gasteiger partial charge in [-0.2, -0.15) is 0 Å². The van der Waals surface area contributed by atoms with E-state index in [0.29, 0.717) is 16.8 Å². The third-order valence-corrected chi connectivity index (χ3v) is 4.14. The van der Waals surface area contributed by atoms with Crippen LogP contribution in [-0.2, 0) is 0 Å². The van der Waals surface area contributed by atoms with Gasteiger partial charge in [0, 0.05) is 16.8 Å². The second-order valence-electron chi connectivity index (χ2n) is 6.15. The highest BCUT2D eigenvalue weighted by molar-refractivity contribution is 6.05. The molecule has 0 aliphatic rings. The van der Waals surface area contributed by atoms with Crippen LogP contribution in [0.4, 0.5) is 10.1 Å². The third-order valence-electron chi connectivity index (χ3n) is 4.14. The van der Waals surface area contributed by atoms with Crippen molar-refractivity contribution >= 4 is 17.5 Å².